The highest BCUT2D eigenvalue weighted by molar-refractivity contribution is 5.83. The van der Waals surface area contributed by atoms with Crippen LogP contribution in [0.2, 0.25) is 0 Å². The van der Waals surface area contributed by atoms with Crippen molar-refractivity contribution in [3.8, 4) is 11.6 Å². The molecule has 0 aliphatic carbocycles. The van der Waals surface area contributed by atoms with Gasteiger partial charge in [0.2, 0.25) is 11.8 Å². The van der Waals surface area contributed by atoms with E-state index in [1.54, 1.807) is 0 Å². The van der Waals surface area contributed by atoms with Gasteiger partial charge in [0, 0.05) is 12.7 Å². The van der Waals surface area contributed by atoms with Crippen LogP contribution in [0.1, 0.15) is 22.3 Å². The highest BCUT2D eigenvalue weighted by Crippen LogP contribution is 2.33. The summed E-state index contributed by atoms with van der Waals surface area (Å²) in [5.41, 5.74) is 11.3. The molecule has 0 unspecified atom stereocenters. The van der Waals surface area contributed by atoms with Gasteiger partial charge in [0.25, 0.3) is 0 Å². The van der Waals surface area contributed by atoms with Gasteiger partial charge < -0.3 is 15.0 Å². The van der Waals surface area contributed by atoms with Crippen molar-refractivity contribution in [2.45, 2.75) is 27.3 Å². The third-order valence-corrected chi connectivity index (χ3v) is 4.60. The maximum atomic E-state index is 6.21. The number of anilines is 1. The number of aromatic nitrogens is 3. The van der Waals surface area contributed by atoms with E-state index in [1.165, 1.54) is 11.1 Å². The minimum atomic E-state index is 0.202. The van der Waals surface area contributed by atoms with E-state index < -0.39 is 0 Å². The molecule has 5 heteroatoms. The Hall–Kier alpha value is -3.34. The van der Waals surface area contributed by atoms with E-state index in [-0.39, 0.29) is 5.95 Å². The van der Waals surface area contributed by atoms with Crippen LogP contribution in [0.4, 0.5) is 5.95 Å². The first-order chi connectivity index (χ1) is 13.0. The summed E-state index contributed by atoms with van der Waals surface area (Å²) in [6.07, 6.45) is 1.99. The largest absolute Gasteiger partial charge is 0.438 e. The number of nitrogens with two attached hydrogens (primary N) is 1. The number of hydrogen-bond acceptors (Lipinski definition) is 4. The highest BCUT2D eigenvalue weighted by atomic mass is 16.5. The van der Waals surface area contributed by atoms with Gasteiger partial charge in [-0.05, 0) is 43.5 Å². The summed E-state index contributed by atoms with van der Waals surface area (Å²) in [5, 5.41) is 0.847. The Morgan fingerprint density at radius 1 is 0.963 bits per heavy atom. The predicted octanol–water partition coefficient (Wildman–Crippen LogP) is 4.78. The van der Waals surface area contributed by atoms with E-state index in [4.69, 9.17) is 10.5 Å². The predicted molar refractivity (Wildman–Crippen MR) is 108 cm³/mol. The molecule has 2 heterocycles. The fourth-order valence-corrected chi connectivity index (χ4v) is 3.46. The standard InChI is InChI=1S/C22H22N4O/c1-14-11-15(2)19(16(3)12-14)27-21-18-9-10-26(20(18)24-22(23)25-21)13-17-7-5-4-6-8-17/h4-12H,13H2,1-3H3,(H2,23,24,25). The zero-order valence-corrected chi connectivity index (χ0v) is 15.7. The third kappa shape index (κ3) is 3.36. The fourth-order valence-electron chi connectivity index (χ4n) is 3.46. The smallest absolute Gasteiger partial charge is 0.233 e. The number of fused-ring (bicyclic) bond motifs is 1. The van der Waals surface area contributed by atoms with Crippen molar-refractivity contribution in [3.05, 3.63) is 77.0 Å². The second-order valence-electron chi connectivity index (χ2n) is 6.88. The molecule has 136 valence electrons. The van der Waals surface area contributed by atoms with Gasteiger partial charge in [0.1, 0.15) is 11.4 Å². The number of nitrogen functional groups attached to an aromatic ring is 1. The van der Waals surface area contributed by atoms with Crippen LogP contribution in [-0.4, -0.2) is 14.5 Å². The Labute approximate surface area is 158 Å². The molecule has 2 N–H and O–H groups in total. The lowest BCUT2D eigenvalue weighted by Crippen LogP contribution is -2.04. The SMILES string of the molecule is Cc1cc(C)c(Oc2nc(N)nc3c2ccn3Cc2ccccc2)c(C)c1. The van der Waals surface area contributed by atoms with Crippen molar-refractivity contribution in [1.29, 1.82) is 0 Å². The summed E-state index contributed by atoms with van der Waals surface area (Å²) in [4.78, 5) is 8.80. The van der Waals surface area contributed by atoms with Gasteiger partial charge in [-0.15, -0.1) is 0 Å². The molecule has 0 saturated heterocycles. The Morgan fingerprint density at radius 2 is 1.67 bits per heavy atom. The highest BCUT2D eigenvalue weighted by Gasteiger charge is 2.15. The average Bonchev–Trinajstić information content (AvgIpc) is 3.01. The molecule has 27 heavy (non-hydrogen) atoms. The molecule has 4 aromatic rings. The van der Waals surface area contributed by atoms with Crippen LogP contribution in [0.15, 0.2) is 54.7 Å². The van der Waals surface area contributed by atoms with Crippen molar-refractivity contribution in [3.63, 3.8) is 0 Å². The number of rotatable bonds is 4. The third-order valence-electron chi connectivity index (χ3n) is 4.60. The topological polar surface area (TPSA) is 66.0 Å². The van der Waals surface area contributed by atoms with Crippen LogP contribution in [0.3, 0.4) is 0 Å². The molecule has 2 aromatic heterocycles. The van der Waals surface area contributed by atoms with Crippen molar-refractivity contribution in [2.75, 3.05) is 5.73 Å². The van der Waals surface area contributed by atoms with Crippen LogP contribution in [0, 0.1) is 20.8 Å². The molecular weight excluding hydrogens is 336 g/mol. The van der Waals surface area contributed by atoms with E-state index in [0.29, 0.717) is 12.4 Å². The summed E-state index contributed by atoms with van der Waals surface area (Å²) in [6, 6.07) is 16.4. The van der Waals surface area contributed by atoms with Crippen LogP contribution >= 0.6 is 0 Å². The van der Waals surface area contributed by atoms with Crippen LogP contribution in [0.25, 0.3) is 11.0 Å². The van der Waals surface area contributed by atoms with Crippen LogP contribution in [0.5, 0.6) is 11.6 Å². The Balaban J connectivity index is 1.76. The van der Waals surface area contributed by atoms with Gasteiger partial charge in [0.05, 0.1) is 5.39 Å². The summed E-state index contributed by atoms with van der Waals surface area (Å²) < 4.78 is 8.27. The molecule has 0 atom stereocenters. The van der Waals surface area contributed by atoms with E-state index >= 15 is 0 Å². The van der Waals surface area contributed by atoms with E-state index in [9.17, 15) is 0 Å². The van der Waals surface area contributed by atoms with Crippen molar-refractivity contribution in [1.82, 2.24) is 14.5 Å². The van der Waals surface area contributed by atoms with Crippen molar-refractivity contribution < 1.29 is 4.74 Å². The number of hydrogen-bond donors (Lipinski definition) is 1. The number of ether oxygens (including phenoxy) is 1. The van der Waals surface area contributed by atoms with Gasteiger partial charge in [-0.25, -0.2) is 0 Å². The lowest BCUT2D eigenvalue weighted by Gasteiger charge is -2.13. The van der Waals surface area contributed by atoms with E-state index in [1.807, 2.05) is 44.3 Å². The maximum absolute atomic E-state index is 6.21. The Morgan fingerprint density at radius 3 is 2.37 bits per heavy atom. The number of aryl methyl sites for hydroxylation is 3. The maximum Gasteiger partial charge on any atom is 0.233 e. The lowest BCUT2D eigenvalue weighted by atomic mass is 10.1. The first-order valence-electron chi connectivity index (χ1n) is 8.93. The van der Waals surface area contributed by atoms with Gasteiger partial charge in [0.15, 0.2) is 0 Å². The minimum absolute atomic E-state index is 0.202. The summed E-state index contributed by atoms with van der Waals surface area (Å²) in [7, 11) is 0. The second kappa shape index (κ2) is 6.76. The molecule has 2 aromatic carbocycles. The quantitative estimate of drug-likeness (QED) is 0.570. The molecule has 5 nitrogen and oxygen atoms in total. The molecule has 0 aliphatic heterocycles. The van der Waals surface area contributed by atoms with E-state index in [2.05, 4.69) is 45.7 Å². The average molecular weight is 358 g/mol. The Kier molecular flexibility index (Phi) is 4.28. The number of nitrogens with zero attached hydrogens (tertiary/aromatic N) is 3. The van der Waals surface area contributed by atoms with E-state index in [0.717, 1.165) is 27.9 Å². The molecule has 0 amide bonds. The summed E-state index contributed by atoms with van der Waals surface area (Å²) in [6.45, 7) is 6.87. The van der Waals surface area contributed by atoms with Gasteiger partial charge in [-0.2, -0.15) is 9.97 Å². The first kappa shape index (κ1) is 17.1. The van der Waals surface area contributed by atoms with Crippen LogP contribution < -0.4 is 10.5 Å². The monoisotopic (exact) mass is 358 g/mol. The molecule has 0 radical (unpaired) electrons. The lowest BCUT2D eigenvalue weighted by molar-refractivity contribution is 0.462. The molecule has 0 aliphatic rings. The number of benzene rings is 2. The zero-order valence-electron chi connectivity index (χ0n) is 15.7. The summed E-state index contributed by atoms with van der Waals surface area (Å²) >= 11 is 0. The molecule has 0 spiro atoms. The summed E-state index contributed by atoms with van der Waals surface area (Å²) in [5.74, 6) is 1.50. The first-order valence-corrected chi connectivity index (χ1v) is 8.93. The second-order valence-corrected chi connectivity index (χ2v) is 6.88. The van der Waals surface area contributed by atoms with Crippen molar-refractivity contribution >= 4 is 17.0 Å². The zero-order chi connectivity index (χ0) is 19.0. The van der Waals surface area contributed by atoms with Gasteiger partial charge in [-0.1, -0.05) is 48.0 Å². The Bertz CT molecular complexity index is 1090. The normalized spacial score (nSPS) is 11.1. The van der Waals surface area contributed by atoms with Crippen molar-refractivity contribution in [2.24, 2.45) is 0 Å². The minimum Gasteiger partial charge on any atom is -0.438 e. The molecule has 0 saturated carbocycles. The molecule has 0 fully saturated rings. The fraction of sp³-hybridized carbons (Fsp3) is 0.182. The van der Waals surface area contributed by atoms with Gasteiger partial charge >= 0.3 is 0 Å². The molecular formula is C22H22N4O. The van der Waals surface area contributed by atoms with Gasteiger partial charge in [-0.3, -0.25) is 0 Å². The molecule has 4 rings (SSSR count). The molecule has 0 bridgehead atoms. The van der Waals surface area contributed by atoms with Crippen LogP contribution in [-0.2, 0) is 6.54 Å².